The monoisotopic (exact) mass is 1170 g/mol. The van der Waals surface area contributed by atoms with E-state index in [1.165, 1.54) is 308 Å². The van der Waals surface area contributed by atoms with Gasteiger partial charge in [-0.25, -0.2) is 0 Å². The summed E-state index contributed by atoms with van der Waals surface area (Å²) in [5.41, 5.74) is 0. The molecule has 476 valence electrons. The minimum atomic E-state index is -1.13. The van der Waals surface area contributed by atoms with Gasteiger partial charge in [-0.3, -0.25) is 9.59 Å². The van der Waals surface area contributed by atoms with Gasteiger partial charge in [0.25, 0.3) is 0 Å². The maximum absolute atomic E-state index is 12.3. The van der Waals surface area contributed by atoms with Crippen molar-refractivity contribution in [2.75, 3.05) is 0 Å². The molecule has 0 saturated heterocycles. The Kier molecular flexibility index (Phi) is 76.4. The Morgan fingerprint density at radius 2 is 0.395 bits per heavy atom. The summed E-state index contributed by atoms with van der Waals surface area (Å²) < 4.78 is 11.1. The summed E-state index contributed by atoms with van der Waals surface area (Å²) in [6.45, 7) is 9.07. The first kappa shape index (κ1) is 84.3. The third-order valence-electron chi connectivity index (χ3n) is 16.6. The standard InChI is InChI=1S/2C36H70O4.Ca/c2*1-3-5-7-9-11-13-15-17-18-20-22-24-26-28-30-32-36(39)40-34(33-35(37)38)31-29-27-25-23-21-19-16-14-12-10-8-6-4-2;/h2*34H,3-33H2,1-2H3,(H,37,38);/q;;+2/p-2. The number of aliphatic carboxylic acids is 2. The molecule has 8 nitrogen and oxygen atoms in total. The van der Waals surface area contributed by atoms with E-state index in [0.717, 1.165) is 51.4 Å². The summed E-state index contributed by atoms with van der Waals surface area (Å²) in [4.78, 5) is 46.8. The van der Waals surface area contributed by atoms with Gasteiger partial charge >= 0.3 is 49.7 Å². The minimum Gasteiger partial charge on any atom is -0.550 e. The molecule has 0 rings (SSSR count). The molecule has 81 heavy (non-hydrogen) atoms. The van der Waals surface area contributed by atoms with E-state index >= 15 is 0 Å². The van der Waals surface area contributed by atoms with E-state index in [2.05, 4.69) is 27.7 Å². The summed E-state index contributed by atoms with van der Waals surface area (Å²) in [5, 5.41) is 22.3. The van der Waals surface area contributed by atoms with Crippen molar-refractivity contribution in [3.8, 4) is 0 Å². The molecule has 0 aliphatic rings. The predicted octanol–water partition coefficient (Wildman–Crippen LogP) is 21.2. The third-order valence-corrected chi connectivity index (χ3v) is 16.6. The second-order valence-electron chi connectivity index (χ2n) is 24.8. The molecule has 2 unspecified atom stereocenters. The average molecular weight is 1170 g/mol. The molecule has 0 aromatic heterocycles. The summed E-state index contributed by atoms with van der Waals surface area (Å²) >= 11 is 0. The largest absolute Gasteiger partial charge is 2.00 e. The fraction of sp³-hybridized carbons (Fsp3) is 0.944. The number of carbonyl (C=O) groups excluding carboxylic acids is 4. The molecule has 0 aliphatic heterocycles. The van der Waals surface area contributed by atoms with Crippen molar-refractivity contribution in [3.63, 3.8) is 0 Å². The molecule has 0 aliphatic carbocycles. The van der Waals surface area contributed by atoms with Gasteiger partial charge in [-0.15, -0.1) is 0 Å². The number of rotatable bonds is 66. The molecule has 2 atom stereocenters. The summed E-state index contributed by atoms with van der Waals surface area (Å²) in [7, 11) is 0. The first-order chi connectivity index (χ1) is 39.2. The van der Waals surface area contributed by atoms with Crippen LogP contribution in [0.4, 0.5) is 0 Å². The maximum atomic E-state index is 12.3. The normalized spacial score (nSPS) is 11.9. The SMILES string of the molecule is CCCCCCCCCCCCCCCCCC(=O)OC(CCCCCCCCCCCCCCC)CC(=O)[O-].CCCCCCCCCCCCCCCCCC(=O)OC(CCCCCCCCCCCCCCC)CC(=O)[O-].[Ca+2]. The number of esters is 2. The van der Waals surface area contributed by atoms with Crippen molar-refractivity contribution in [1.29, 1.82) is 0 Å². The summed E-state index contributed by atoms with van der Waals surface area (Å²) in [5.74, 6) is -2.73. The molecule has 0 radical (unpaired) electrons. The number of unbranched alkanes of at least 4 members (excludes halogenated alkanes) is 52. The van der Waals surface area contributed by atoms with E-state index in [1.54, 1.807) is 0 Å². The molecule has 0 fully saturated rings. The smallest absolute Gasteiger partial charge is 0.550 e. The van der Waals surface area contributed by atoms with Gasteiger partial charge in [0.1, 0.15) is 12.2 Å². The molecule has 0 bridgehead atoms. The van der Waals surface area contributed by atoms with Crippen molar-refractivity contribution < 1.29 is 38.9 Å². The zero-order valence-corrected chi connectivity index (χ0v) is 57.2. The fourth-order valence-corrected chi connectivity index (χ4v) is 11.3. The predicted molar refractivity (Wildman–Crippen MR) is 344 cm³/mol. The van der Waals surface area contributed by atoms with Crippen molar-refractivity contribution in [2.45, 2.75) is 438 Å². The Hall–Kier alpha value is -0.860. The van der Waals surface area contributed by atoms with Crippen LogP contribution in [0.3, 0.4) is 0 Å². The van der Waals surface area contributed by atoms with Gasteiger partial charge in [-0.05, 0) is 38.5 Å². The Labute approximate surface area is 534 Å². The van der Waals surface area contributed by atoms with Crippen molar-refractivity contribution >= 4 is 61.6 Å². The number of carbonyl (C=O) groups is 4. The van der Waals surface area contributed by atoms with Gasteiger partial charge in [0.15, 0.2) is 0 Å². The van der Waals surface area contributed by atoms with Gasteiger partial charge in [0, 0.05) is 37.6 Å². The van der Waals surface area contributed by atoms with Crippen LogP contribution in [0.2, 0.25) is 0 Å². The van der Waals surface area contributed by atoms with Crippen LogP contribution in [0.25, 0.3) is 0 Å². The van der Waals surface area contributed by atoms with E-state index in [0.29, 0.717) is 25.7 Å². The van der Waals surface area contributed by atoms with Gasteiger partial charge in [-0.2, -0.15) is 0 Å². The second kappa shape index (κ2) is 73.4. The van der Waals surface area contributed by atoms with Gasteiger partial charge in [-0.1, -0.05) is 362 Å². The van der Waals surface area contributed by atoms with E-state index in [9.17, 15) is 29.4 Å². The molecule has 0 spiro atoms. The topological polar surface area (TPSA) is 133 Å². The van der Waals surface area contributed by atoms with E-state index < -0.39 is 24.1 Å². The summed E-state index contributed by atoms with van der Waals surface area (Å²) in [6.07, 6.45) is 72.9. The zero-order chi connectivity index (χ0) is 58.7. The number of carboxylic acids is 2. The molecular weight excluding hydrogens is 1030 g/mol. The fourth-order valence-electron chi connectivity index (χ4n) is 11.3. The van der Waals surface area contributed by atoms with E-state index in [-0.39, 0.29) is 62.5 Å². The third kappa shape index (κ3) is 75.2. The van der Waals surface area contributed by atoms with Crippen LogP contribution in [-0.4, -0.2) is 73.8 Å². The Morgan fingerprint density at radius 3 is 0.556 bits per heavy atom. The maximum Gasteiger partial charge on any atom is 2.00 e. The molecular formula is C72H138CaO8. The van der Waals surface area contributed by atoms with Crippen molar-refractivity contribution in [2.24, 2.45) is 0 Å². The Morgan fingerprint density at radius 1 is 0.247 bits per heavy atom. The molecule has 0 amide bonds. The Bertz CT molecular complexity index is 1170. The molecule has 0 heterocycles. The number of carboxylic acid groups (broad SMARTS) is 2. The number of hydrogen-bond donors (Lipinski definition) is 0. The molecule has 0 aromatic carbocycles. The first-order valence-corrected chi connectivity index (χ1v) is 36.0. The molecule has 9 heteroatoms. The van der Waals surface area contributed by atoms with E-state index in [4.69, 9.17) is 9.47 Å². The van der Waals surface area contributed by atoms with E-state index in [1.807, 2.05) is 0 Å². The van der Waals surface area contributed by atoms with Crippen LogP contribution in [0.1, 0.15) is 426 Å². The van der Waals surface area contributed by atoms with Crippen LogP contribution in [0.5, 0.6) is 0 Å². The van der Waals surface area contributed by atoms with Gasteiger partial charge in [0.2, 0.25) is 0 Å². The second-order valence-corrected chi connectivity index (χ2v) is 24.8. The van der Waals surface area contributed by atoms with Gasteiger partial charge < -0.3 is 29.3 Å². The van der Waals surface area contributed by atoms with Gasteiger partial charge in [0.05, 0.1) is 0 Å². The quantitative estimate of drug-likeness (QED) is 0.0334. The Balaban J connectivity index is -0.00000148. The minimum absolute atomic E-state index is 0. The molecule has 0 N–H and O–H groups in total. The van der Waals surface area contributed by atoms with Crippen LogP contribution in [0.15, 0.2) is 0 Å². The first-order valence-electron chi connectivity index (χ1n) is 36.0. The van der Waals surface area contributed by atoms with Crippen molar-refractivity contribution in [3.05, 3.63) is 0 Å². The van der Waals surface area contributed by atoms with Crippen LogP contribution >= 0.6 is 0 Å². The number of hydrogen-bond acceptors (Lipinski definition) is 8. The molecule has 0 saturated carbocycles. The van der Waals surface area contributed by atoms with Crippen molar-refractivity contribution in [1.82, 2.24) is 0 Å². The average Bonchev–Trinajstić information content (AvgIpc) is 3.43. The molecule has 0 aromatic rings. The zero-order valence-electron chi connectivity index (χ0n) is 55.0. The summed E-state index contributed by atoms with van der Waals surface area (Å²) in [6, 6.07) is 0. The van der Waals surface area contributed by atoms with Crippen LogP contribution in [-0.2, 0) is 28.7 Å². The van der Waals surface area contributed by atoms with Crippen LogP contribution in [0, 0.1) is 0 Å². The van der Waals surface area contributed by atoms with Crippen LogP contribution < -0.4 is 10.2 Å². The number of ether oxygens (including phenoxy) is 2.